The molecule has 0 unspecified atom stereocenters. The maximum Gasteiger partial charge on any atom is 0.425 e. The zero-order valence-corrected chi connectivity index (χ0v) is 8.21. The molecule has 14 heavy (non-hydrogen) atoms. The molecule has 1 aromatic rings. The summed E-state index contributed by atoms with van der Waals surface area (Å²) in [6.07, 6.45) is -0.579. The van der Waals surface area contributed by atoms with Gasteiger partial charge in [-0.3, -0.25) is 5.43 Å². The number of hydrazine groups is 1. The van der Waals surface area contributed by atoms with E-state index in [-0.39, 0.29) is 5.15 Å². The summed E-state index contributed by atoms with van der Waals surface area (Å²) in [5.74, 6) is 0.377. The van der Waals surface area contributed by atoms with Gasteiger partial charge in [0.25, 0.3) is 0 Å². The molecule has 0 atom stereocenters. The van der Waals surface area contributed by atoms with Gasteiger partial charge in [0.05, 0.1) is 6.61 Å². The second-order valence-electron chi connectivity index (χ2n) is 2.21. The first kappa shape index (κ1) is 10.5. The Hall–Kier alpha value is -1.56. The number of aromatic nitrogens is 2. The standard InChI is InChI=1S/C7H9ClN4O2/c1-2-14-7(13)12-11-6-4-3-5(8)9-10-6/h3-4H,2H2,1H3,(H,10,11)(H,12,13). The summed E-state index contributed by atoms with van der Waals surface area (Å²) in [5, 5.41) is 7.49. The molecule has 0 aliphatic carbocycles. The van der Waals surface area contributed by atoms with Gasteiger partial charge in [-0.15, -0.1) is 10.2 Å². The van der Waals surface area contributed by atoms with Crippen molar-refractivity contribution in [2.24, 2.45) is 0 Å². The highest BCUT2D eigenvalue weighted by atomic mass is 35.5. The van der Waals surface area contributed by atoms with Crippen LogP contribution < -0.4 is 10.9 Å². The van der Waals surface area contributed by atoms with Crippen LogP contribution in [0.1, 0.15) is 6.92 Å². The van der Waals surface area contributed by atoms with Crippen molar-refractivity contribution in [1.29, 1.82) is 0 Å². The average molecular weight is 217 g/mol. The second-order valence-corrected chi connectivity index (χ2v) is 2.60. The van der Waals surface area contributed by atoms with Gasteiger partial charge in [0, 0.05) is 0 Å². The van der Waals surface area contributed by atoms with Gasteiger partial charge in [-0.05, 0) is 19.1 Å². The van der Waals surface area contributed by atoms with Crippen LogP contribution in [0, 0.1) is 0 Å². The molecule has 0 aromatic carbocycles. The van der Waals surface area contributed by atoms with Crippen LogP contribution >= 0.6 is 11.6 Å². The van der Waals surface area contributed by atoms with Gasteiger partial charge in [-0.25, -0.2) is 10.2 Å². The van der Waals surface area contributed by atoms with Crippen molar-refractivity contribution in [2.75, 3.05) is 12.0 Å². The number of anilines is 1. The predicted octanol–water partition coefficient (Wildman–Crippen LogP) is 1.20. The quantitative estimate of drug-likeness (QED) is 0.743. The van der Waals surface area contributed by atoms with E-state index in [1.807, 2.05) is 0 Å². The Morgan fingerprint density at radius 1 is 1.57 bits per heavy atom. The third kappa shape index (κ3) is 3.44. The molecule has 76 valence electrons. The van der Waals surface area contributed by atoms with E-state index in [0.717, 1.165) is 0 Å². The molecule has 0 spiro atoms. The Labute approximate surface area is 85.6 Å². The molecule has 0 saturated heterocycles. The fourth-order valence-electron chi connectivity index (χ4n) is 0.665. The van der Waals surface area contributed by atoms with Crippen LogP contribution in [0.4, 0.5) is 10.6 Å². The SMILES string of the molecule is CCOC(=O)NNc1ccc(Cl)nn1. The minimum Gasteiger partial charge on any atom is -0.449 e. The summed E-state index contributed by atoms with van der Waals surface area (Å²) in [6, 6.07) is 3.12. The van der Waals surface area contributed by atoms with Crippen LogP contribution in [-0.4, -0.2) is 22.9 Å². The largest absolute Gasteiger partial charge is 0.449 e. The maximum atomic E-state index is 10.8. The Kier molecular flexibility index (Phi) is 3.93. The topological polar surface area (TPSA) is 76.1 Å². The first-order chi connectivity index (χ1) is 6.72. The van der Waals surface area contributed by atoms with Crippen molar-refractivity contribution in [3.63, 3.8) is 0 Å². The lowest BCUT2D eigenvalue weighted by Crippen LogP contribution is -2.30. The minimum atomic E-state index is -0.579. The van der Waals surface area contributed by atoms with Gasteiger partial charge in [0.2, 0.25) is 0 Å². The van der Waals surface area contributed by atoms with Gasteiger partial charge in [0.15, 0.2) is 11.0 Å². The summed E-state index contributed by atoms with van der Waals surface area (Å²) in [4.78, 5) is 10.8. The van der Waals surface area contributed by atoms with Crippen LogP contribution in [0.25, 0.3) is 0 Å². The number of rotatable bonds is 3. The lowest BCUT2D eigenvalue weighted by Gasteiger charge is -2.06. The number of carbonyl (C=O) groups is 1. The molecular formula is C7H9ClN4O2. The van der Waals surface area contributed by atoms with E-state index in [2.05, 4.69) is 25.8 Å². The van der Waals surface area contributed by atoms with Gasteiger partial charge in [-0.2, -0.15) is 0 Å². The van der Waals surface area contributed by atoms with E-state index >= 15 is 0 Å². The Morgan fingerprint density at radius 3 is 2.93 bits per heavy atom. The molecule has 0 bridgehead atoms. The highest BCUT2D eigenvalue weighted by molar-refractivity contribution is 6.29. The van der Waals surface area contributed by atoms with Gasteiger partial charge in [-0.1, -0.05) is 11.6 Å². The van der Waals surface area contributed by atoms with Crippen LogP contribution in [0.3, 0.4) is 0 Å². The van der Waals surface area contributed by atoms with E-state index in [1.54, 1.807) is 19.1 Å². The summed E-state index contributed by atoms with van der Waals surface area (Å²) >= 11 is 5.51. The van der Waals surface area contributed by atoms with E-state index in [1.165, 1.54) is 0 Å². The van der Waals surface area contributed by atoms with Crippen molar-refractivity contribution >= 4 is 23.5 Å². The van der Waals surface area contributed by atoms with Crippen LogP contribution in [0.2, 0.25) is 5.15 Å². The predicted molar refractivity (Wildman–Crippen MR) is 50.8 cm³/mol. The Morgan fingerprint density at radius 2 is 2.36 bits per heavy atom. The molecule has 0 saturated carbocycles. The summed E-state index contributed by atoms with van der Waals surface area (Å²) in [7, 11) is 0. The third-order valence-corrected chi connectivity index (χ3v) is 1.40. The molecule has 0 fully saturated rings. The van der Waals surface area contributed by atoms with Gasteiger partial charge in [0.1, 0.15) is 0 Å². The number of amides is 1. The van der Waals surface area contributed by atoms with Crippen molar-refractivity contribution in [3.8, 4) is 0 Å². The molecule has 1 amide bonds. The lowest BCUT2D eigenvalue weighted by molar-refractivity contribution is 0.154. The molecule has 0 radical (unpaired) electrons. The number of hydrogen-bond acceptors (Lipinski definition) is 5. The monoisotopic (exact) mass is 216 g/mol. The maximum absolute atomic E-state index is 10.8. The summed E-state index contributed by atoms with van der Waals surface area (Å²) in [5.41, 5.74) is 4.76. The third-order valence-electron chi connectivity index (χ3n) is 1.20. The molecule has 7 heteroatoms. The van der Waals surface area contributed by atoms with Gasteiger partial charge < -0.3 is 4.74 Å². The number of nitrogens with one attached hydrogen (secondary N) is 2. The highest BCUT2D eigenvalue weighted by Gasteiger charge is 1.99. The van der Waals surface area contributed by atoms with E-state index in [0.29, 0.717) is 12.4 Å². The van der Waals surface area contributed by atoms with Crippen molar-refractivity contribution in [2.45, 2.75) is 6.92 Å². The number of nitrogens with zero attached hydrogens (tertiary/aromatic N) is 2. The molecule has 0 aliphatic heterocycles. The fraction of sp³-hybridized carbons (Fsp3) is 0.286. The van der Waals surface area contributed by atoms with Crippen LogP contribution in [0.15, 0.2) is 12.1 Å². The smallest absolute Gasteiger partial charge is 0.425 e. The number of ether oxygens (including phenoxy) is 1. The number of halogens is 1. The summed E-state index contributed by atoms with van der Waals surface area (Å²) in [6.45, 7) is 2.02. The first-order valence-electron chi connectivity index (χ1n) is 3.90. The molecular weight excluding hydrogens is 208 g/mol. The second kappa shape index (κ2) is 5.23. The minimum absolute atomic E-state index is 0.284. The number of hydrogen-bond donors (Lipinski definition) is 2. The Balaban J connectivity index is 2.38. The zero-order valence-electron chi connectivity index (χ0n) is 7.45. The zero-order chi connectivity index (χ0) is 10.4. The van der Waals surface area contributed by atoms with E-state index in [4.69, 9.17) is 11.6 Å². The van der Waals surface area contributed by atoms with Crippen LogP contribution in [-0.2, 0) is 4.74 Å². The van der Waals surface area contributed by atoms with E-state index < -0.39 is 6.09 Å². The normalized spacial score (nSPS) is 9.29. The average Bonchev–Trinajstić information content (AvgIpc) is 2.17. The first-order valence-corrected chi connectivity index (χ1v) is 4.28. The van der Waals surface area contributed by atoms with Crippen LogP contribution in [0.5, 0.6) is 0 Å². The van der Waals surface area contributed by atoms with Crippen molar-refractivity contribution in [3.05, 3.63) is 17.3 Å². The summed E-state index contributed by atoms with van der Waals surface area (Å²) < 4.78 is 4.60. The van der Waals surface area contributed by atoms with Crippen molar-refractivity contribution in [1.82, 2.24) is 15.6 Å². The Bertz CT molecular complexity index is 303. The lowest BCUT2D eigenvalue weighted by atomic mass is 10.5. The fourth-order valence-corrected chi connectivity index (χ4v) is 0.766. The van der Waals surface area contributed by atoms with Crippen molar-refractivity contribution < 1.29 is 9.53 Å². The van der Waals surface area contributed by atoms with E-state index in [9.17, 15) is 4.79 Å². The van der Waals surface area contributed by atoms with Gasteiger partial charge >= 0.3 is 6.09 Å². The molecule has 1 rings (SSSR count). The molecule has 2 N–H and O–H groups in total. The molecule has 0 aliphatic rings. The number of carbonyl (C=O) groups excluding carboxylic acids is 1. The molecule has 1 heterocycles. The molecule has 1 aromatic heterocycles. The highest BCUT2D eigenvalue weighted by Crippen LogP contribution is 2.04. The molecule has 6 nitrogen and oxygen atoms in total.